The lowest BCUT2D eigenvalue weighted by atomic mass is 9.81. The summed E-state index contributed by atoms with van der Waals surface area (Å²) in [4.78, 5) is 43.8. The van der Waals surface area contributed by atoms with Crippen molar-refractivity contribution in [2.24, 2.45) is 0 Å². The first kappa shape index (κ1) is 41.9. The molecule has 12 heteroatoms. The first-order chi connectivity index (χ1) is 28.7. The maximum absolute atomic E-state index is 13.6. The minimum absolute atomic E-state index is 0.0981. The van der Waals surface area contributed by atoms with Crippen molar-refractivity contribution >= 4 is 51.0 Å². The average molecular weight is 819 g/mol. The van der Waals surface area contributed by atoms with Crippen molar-refractivity contribution in [1.82, 2.24) is 19.5 Å². The third-order valence-corrected chi connectivity index (χ3v) is 13.0. The van der Waals surface area contributed by atoms with Gasteiger partial charge in [0, 0.05) is 86.4 Å². The second-order valence-electron chi connectivity index (χ2n) is 15.8. The predicted octanol–water partition coefficient (Wildman–Crippen LogP) is 7.48. The van der Waals surface area contributed by atoms with Gasteiger partial charge in [-0.05, 0) is 104 Å². The molecule has 2 N–H and O–H groups in total. The standard InChI is InChI=1S/C47H58N6O5S/c1-4-6-23-48-43(54)32-53-42-31-36(47(56)49-24-7-5-2)17-21-40(42)45(34-12-9-8-10-13-34)46(53)35-15-19-39(20-16-35)58-33-37-30-38(52-25-11-14-44(52)55)18-22-41(37)50-26-28-51(29-27-50)59(3)57/h4-5,15-22,30-31,34H,1-2,6-14,23-29,32-33H2,3H3,(H,48,54)(H,49,56). The molecule has 0 bridgehead atoms. The number of hydrogen-bond acceptors (Lipinski definition) is 6. The number of amides is 3. The van der Waals surface area contributed by atoms with E-state index in [4.69, 9.17) is 4.74 Å². The van der Waals surface area contributed by atoms with Crippen LogP contribution in [0.4, 0.5) is 11.4 Å². The second-order valence-corrected chi connectivity index (χ2v) is 17.2. The second kappa shape index (κ2) is 19.7. The summed E-state index contributed by atoms with van der Waals surface area (Å²) in [6, 6.07) is 20.3. The Morgan fingerprint density at radius 1 is 0.864 bits per heavy atom. The molecule has 4 aromatic rings. The highest BCUT2D eigenvalue weighted by molar-refractivity contribution is 7.81. The van der Waals surface area contributed by atoms with Gasteiger partial charge in [-0.15, -0.1) is 13.2 Å². The van der Waals surface area contributed by atoms with Crippen molar-refractivity contribution in [1.29, 1.82) is 0 Å². The fourth-order valence-electron chi connectivity index (χ4n) is 8.84. The Morgan fingerprint density at radius 3 is 2.27 bits per heavy atom. The summed E-state index contributed by atoms with van der Waals surface area (Å²) in [5.41, 5.74) is 7.56. The smallest absolute Gasteiger partial charge is 0.251 e. The van der Waals surface area contributed by atoms with Crippen molar-refractivity contribution in [3.63, 3.8) is 0 Å². The molecule has 1 saturated carbocycles. The van der Waals surface area contributed by atoms with Gasteiger partial charge >= 0.3 is 0 Å². The van der Waals surface area contributed by atoms with Gasteiger partial charge in [-0.2, -0.15) is 0 Å². The predicted molar refractivity (Wildman–Crippen MR) is 238 cm³/mol. The van der Waals surface area contributed by atoms with E-state index in [1.165, 1.54) is 12.0 Å². The molecule has 11 nitrogen and oxygen atoms in total. The number of fused-ring (bicyclic) bond motifs is 1. The zero-order valence-electron chi connectivity index (χ0n) is 34.4. The quantitative estimate of drug-likeness (QED) is 0.0844. The molecular weight excluding hydrogens is 761 g/mol. The van der Waals surface area contributed by atoms with E-state index in [2.05, 4.69) is 63.6 Å². The molecule has 0 spiro atoms. The van der Waals surface area contributed by atoms with Crippen LogP contribution in [0.25, 0.3) is 22.2 Å². The average Bonchev–Trinajstić information content (AvgIpc) is 3.83. The van der Waals surface area contributed by atoms with E-state index in [1.54, 1.807) is 18.4 Å². The zero-order valence-corrected chi connectivity index (χ0v) is 35.2. The van der Waals surface area contributed by atoms with Crippen LogP contribution in [0.2, 0.25) is 0 Å². The van der Waals surface area contributed by atoms with Crippen molar-refractivity contribution in [2.45, 2.75) is 76.9 Å². The van der Waals surface area contributed by atoms with Crippen LogP contribution in [0.15, 0.2) is 86.0 Å². The van der Waals surface area contributed by atoms with E-state index in [1.807, 2.05) is 39.5 Å². The van der Waals surface area contributed by atoms with Gasteiger partial charge in [0.2, 0.25) is 11.8 Å². The van der Waals surface area contributed by atoms with Gasteiger partial charge in [0.15, 0.2) is 0 Å². The summed E-state index contributed by atoms with van der Waals surface area (Å²) >= 11 is 0. The lowest BCUT2D eigenvalue weighted by molar-refractivity contribution is -0.121. The molecule has 1 aliphatic carbocycles. The molecule has 312 valence electrons. The molecule has 3 amide bonds. The summed E-state index contributed by atoms with van der Waals surface area (Å²) in [5.74, 6) is 0.915. The molecule has 2 saturated heterocycles. The van der Waals surface area contributed by atoms with E-state index in [0.29, 0.717) is 75.8 Å². The van der Waals surface area contributed by atoms with E-state index in [-0.39, 0.29) is 24.3 Å². The van der Waals surface area contributed by atoms with Crippen molar-refractivity contribution in [3.05, 3.63) is 103 Å². The van der Waals surface area contributed by atoms with Gasteiger partial charge < -0.3 is 29.7 Å². The summed E-state index contributed by atoms with van der Waals surface area (Å²) in [6.45, 7) is 12.6. The lowest BCUT2D eigenvalue weighted by Crippen LogP contribution is -2.47. The number of benzene rings is 3. The minimum atomic E-state index is -1.01. The topological polar surface area (TPSA) is 116 Å². The molecule has 59 heavy (non-hydrogen) atoms. The maximum Gasteiger partial charge on any atom is 0.251 e. The Labute approximate surface area is 351 Å². The fourth-order valence-corrected chi connectivity index (χ4v) is 9.52. The van der Waals surface area contributed by atoms with Crippen LogP contribution in [0, 0.1) is 0 Å². The number of carbonyl (C=O) groups is 3. The van der Waals surface area contributed by atoms with Crippen LogP contribution < -0.4 is 25.2 Å². The third kappa shape index (κ3) is 9.82. The van der Waals surface area contributed by atoms with Gasteiger partial charge in [-0.1, -0.05) is 37.5 Å². The van der Waals surface area contributed by atoms with Crippen LogP contribution in [0.3, 0.4) is 0 Å². The van der Waals surface area contributed by atoms with Gasteiger partial charge in [-0.3, -0.25) is 14.4 Å². The largest absolute Gasteiger partial charge is 0.489 e. The Morgan fingerprint density at radius 2 is 1.59 bits per heavy atom. The first-order valence-electron chi connectivity index (χ1n) is 21.2. The van der Waals surface area contributed by atoms with Gasteiger partial charge in [0.05, 0.1) is 22.2 Å². The molecule has 3 heterocycles. The monoisotopic (exact) mass is 818 g/mol. The normalized spacial score (nSPS) is 16.9. The molecule has 1 unspecified atom stereocenters. The number of anilines is 2. The van der Waals surface area contributed by atoms with Crippen molar-refractivity contribution in [3.8, 4) is 17.0 Å². The van der Waals surface area contributed by atoms with Gasteiger partial charge in [0.1, 0.15) is 18.9 Å². The first-order valence-corrected chi connectivity index (χ1v) is 22.7. The molecule has 1 atom stereocenters. The summed E-state index contributed by atoms with van der Waals surface area (Å²) in [6.07, 6.45) is 13.7. The SMILES string of the molecule is C=CCCNC(=O)Cn1c(-c2ccc(OCc3cc(N4CCCC4=O)ccc3N3CCN(S(C)=O)CC3)cc2)c(C2CCCCC2)c2ccc(C(=O)NCCC=C)cc21. The molecule has 3 fully saturated rings. The van der Waals surface area contributed by atoms with Crippen LogP contribution >= 0.6 is 0 Å². The van der Waals surface area contributed by atoms with Gasteiger partial charge in [0.25, 0.3) is 5.91 Å². The minimum Gasteiger partial charge on any atom is -0.489 e. The Balaban J connectivity index is 1.22. The number of aromatic nitrogens is 1. The number of piperazine rings is 1. The van der Waals surface area contributed by atoms with E-state index < -0.39 is 11.0 Å². The summed E-state index contributed by atoms with van der Waals surface area (Å²) < 4.78 is 22.8. The molecule has 3 aromatic carbocycles. The highest BCUT2D eigenvalue weighted by Crippen LogP contribution is 2.45. The molecule has 3 aliphatic rings. The summed E-state index contributed by atoms with van der Waals surface area (Å²) in [5, 5.41) is 7.13. The highest BCUT2D eigenvalue weighted by atomic mass is 32.2. The maximum atomic E-state index is 13.6. The van der Waals surface area contributed by atoms with Crippen LogP contribution in [0.5, 0.6) is 5.75 Å². The molecular formula is C47H58N6O5S. The van der Waals surface area contributed by atoms with Crippen LogP contribution in [-0.4, -0.2) is 82.9 Å². The van der Waals surface area contributed by atoms with Crippen LogP contribution in [-0.2, 0) is 33.7 Å². The molecule has 0 radical (unpaired) electrons. The Hall–Kier alpha value is -5.20. The van der Waals surface area contributed by atoms with Crippen molar-refractivity contribution < 1.29 is 23.3 Å². The molecule has 1 aromatic heterocycles. The van der Waals surface area contributed by atoms with E-state index in [0.717, 1.165) is 84.3 Å². The molecule has 7 rings (SSSR count). The third-order valence-electron chi connectivity index (χ3n) is 11.9. The highest BCUT2D eigenvalue weighted by Gasteiger charge is 2.29. The molecule has 2 aliphatic heterocycles. The number of rotatable bonds is 17. The number of hydrogen-bond donors (Lipinski definition) is 2. The Bertz CT molecular complexity index is 2180. The zero-order chi connectivity index (χ0) is 41.3. The lowest BCUT2D eigenvalue weighted by Gasteiger charge is -2.36. The number of nitrogens with one attached hydrogen (secondary N) is 2. The van der Waals surface area contributed by atoms with E-state index in [9.17, 15) is 18.6 Å². The van der Waals surface area contributed by atoms with E-state index >= 15 is 0 Å². The number of ether oxygens (including phenoxy) is 1. The van der Waals surface area contributed by atoms with Gasteiger partial charge in [-0.25, -0.2) is 8.51 Å². The van der Waals surface area contributed by atoms with Crippen molar-refractivity contribution in [2.75, 3.05) is 61.9 Å². The summed E-state index contributed by atoms with van der Waals surface area (Å²) in [7, 11) is -1.01. The van der Waals surface area contributed by atoms with Crippen LogP contribution in [0.1, 0.15) is 85.2 Å². The Kier molecular flexibility index (Phi) is 14.0. The number of carbonyl (C=O) groups excluding carboxylic acids is 3. The number of nitrogens with zero attached hydrogens (tertiary/aromatic N) is 4. The fraction of sp³-hybridized carbons (Fsp3) is 0.426.